The number of primary amides is 1. The number of hydrogen-bond donors (Lipinski definition) is 1. The predicted molar refractivity (Wildman–Crippen MR) is 93.2 cm³/mol. The van der Waals surface area contributed by atoms with E-state index >= 15 is 0 Å². The van der Waals surface area contributed by atoms with Crippen LogP contribution in [0.4, 0.5) is 4.79 Å². The number of nitrogens with two attached hydrogens (primary N) is 1. The van der Waals surface area contributed by atoms with Crippen LogP contribution < -0.4 is 10.5 Å². The third kappa shape index (κ3) is 7.35. The fourth-order valence-corrected chi connectivity index (χ4v) is 2.16. The molecule has 2 amide bonds. The van der Waals surface area contributed by atoms with Crippen LogP contribution in [0.3, 0.4) is 0 Å². The zero-order valence-corrected chi connectivity index (χ0v) is 15.0. The third-order valence-corrected chi connectivity index (χ3v) is 3.38. The van der Waals surface area contributed by atoms with Gasteiger partial charge in [0, 0.05) is 18.7 Å². The minimum absolute atomic E-state index is 0.160. The molecule has 1 heterocycles. The molecule has 6 nitrogen and oxygen atoms in total. The van der Waals surface area contributed by atoms with Gasteiger partial charge in [-0.15, -0.1) is 0 Å². The van der Waals surface area contributed by atoms with Gasteiger partial charge in [-0.2, -0.15) is 0 Å². The van der Waals surface area contributed by atoms with Crippen LogP contribution in [-0.2, 0) is 4.74 Å². The van der Waals surface area contributed by atoms with Crippen molar-refractivity contribution in [3.8, 4) is 5.75 Å². The number of methoxy groups -OCH3 is 1. The van der Waals surface area contributed by atoms with Crippen molar-refractivity contribution in [2.75, 3.05) is 20.2 Å². The monoisotopic (exact) mass is 336 g/mol. The molecule has 0 aromatic heterocycles. The van der Waals surface area contributed by atoms with Crippen molar-refractivity contribution in [3.05, 3.63) is 29.8 Å². The maximum absolute atomic E-state index is 11.5. The highest BCUT2D eigenvalue weighted by molar-refractivity contribution is 5.92. The van der Waals surface area contributed by atoms with E-state index in [4.69, 9.17) is 15.2 Å². The van der Waals surface area contributed by atoms with Gasteiger partial charge in [-0.1, -0.05) is 0 Å². The summed E-state index contributed by atoms with van der Waals surface area (Å²) in [5.41, 5.74) is 5.15. The number of piperidine rings is 1. The summed E-state index contributed by atoms with van der Waals surface area (Å²) < 4.78 is 10.2. The maximum atomic E-state index is 11.5. The van der Waals surface area contributed by atoms with E-state index in [0.29, 0.717) is 5.56 Å². The number of amides is 2. The van der Waals surface area contributed by atoms with Gasteiger partial charge in [-0.25, -0.2) is 4.79 Å². The largest absolute Gasteiger partial charge is 0.497 e. The highest BCUT2D eigenvalue weighted by Crippen LogP contribution is 2.14. The van der Waals surface area contributed by atoms with Gasteiger partial charge >= 0.3 is 6.09 Å². The Morgan fingerprint density at radius 3 is 2.00 bits per heavy atom. The van der Waals surface area contributed by atoms with E-state index in [1.165, 1.54) is 6.42 Å². The summed E-state index contributed by atoms with van der Waals surface area (Å²) in [5.74, 6) is 0.294. The number of benzene rings is 1. The number of nitrogens with zero attached hydrogens (tertiary/aromatic N) is 1. The zero-order chi connectivity index (χ0) is 18.2. The van der Waals surface area contributed by atoms with Gasteiger partial charge < -0.3 is 20.1 Å². The Hall–Kier alpha value is -2.24. The Balaban J connectivity index is 0.000000243. The molecular weight excluding hydrogens is 308 g/mol. The van der Waals surface area contributed by atoms with Gasteiger partial charge in [0.2, 0.25) is 5.91 Å². The van der Waals surface area contributed by atoms with Gasteiger partial charge in [-0.3, -0.25) is 4.79 Å². The normalized spacial score (nSPS) is 14.2. The molecule has 1 aromatic carbocycles. The smallest absolute Gasteiger partial charge is 0.410 e. The number of rotatable bonds is 2. The fraction of sp³-hybridized carbons (Fsp3) is 0.556. The summed E-state index contributed by atoms with van der Waals surface area (Å²) in [4.78, 5) is 23.9. The number of carbonyl (C=O) groups excluding carboxylic acids is 2. The topological polar surface area (TPSA) is 81.9 Å². The van der Waals surface area contributed by atoms with Gasteiger partial charge in [-0.05, 0) is 64.3 Å². The molecule has 6 heteroatoms. The molecule has 0 radical (unpaired) electrons. The first-order valence-corrected chi connectivity index (χ1v) is 8.14. The van der Waals surface area contributed by atoms with Crippen LogP contribution in [0.2, 0.25) is 0 Å². The molecule has 1 aliphatic rings. The third-order valence-electron chi connectivity index (χ3n) is 3.38. The van der Waals surface area contributed by atoms with Crippen molar-refractivity contribution in [1.82, 2.24) is 4.90 Å². The molecule has 0 aliphatic carbocycles. The lowest BCUT2D eigenvalue weighted by Crippen LogP contribution is -2.39. The lowest BCUT2D eigenvalue weighted by molar-refractivity contribution is 0.0216. The molecule has 0 bridgehead atoms. The van der Waals surface area contributed by atoms with Crippen LogP contribution in [0.5, 0.6) is 5.75 Å². The SMILES string of the molecule is CC(C)(C)OC(=O)N1CCCCC1.COc1ccc(C(N)=O)cc1. The first-order valence-electron chi connectivity index (χ1n) is 8.14. The highest BCUT2D eigenvalue weighted by Gasteiger charge is 2.22. The van der Waals surface area contributed by atoms with Crippen LogP contribution in [0, 0.1) is 0 Å². The van der Waals surface area contributed by atoms with Gasteiger partial charge in [0.1, 0.15) is 11.4 Å². The molecule has 134 valence electrons. The standard InChI is InChI=1S/C10H19NO2.C8H9NO2/c1-10(2,3)13-9(12)11-7-5-4-6-8-11;1-11-7-4-2-6(3-5-7)8(9)10/h4-8H2,1-3H3;2-5H,1H3,(H2,9,10). The molecule has 1 saturated heterocycles. The molecule has 0 unspecified atom stereocenters. The molecule has 1 aromatic rings. The first kappa shape index (κ1) is 19.8. The summed E-state index contributed by atoms with van der Waals surface area (Å²) in [7, 11) is 1.57. The van der Waals surface area contributed by atoms with Crippen LogP contribution in [0.15, 0.2) is 24.3 Å². The second kappa shape index (κ2) is 9.15. The van der Waals surface area contributed by atoms with Gasteiger partial charge in [0.25, 0.3) is 0 Å². The van der Waals surface area contributed by atoms with Crippen molar-refractivity contribution in [2.45, 2.75) is 45.6 Å². The number of hydrogen-bond acceptors (Lipinski definition) is 4. The van der Waals surface area contributed by atoms with Crippen LogP contribution in [-0.4, -0.2) is 42.7 Å². The molecule has 0 atom stereocenters. The van der Waals surface area contributed by atoms with E-state index in [1.54, 1.807) is 36.3 Å². The molecule has 2 rings (SSSR count). The summed E-state index contributed by atoms with van der Waals surface area (Å²) in [6.07, 6.45) is 3.30. The average Bonchev–Trinajstić information content (AvgIpc) is 2.55. The van der Waals surface area contributed by atoms with Crippen molar-refractivity contribution in [1.29, 1.82) is 0 Å². The Labute approximate surface area is 143 Å². The van der Waals surface area contributed by atoms with E-state index in [0.717, 1.165) is 31.7 Å². The lowest BCUT2D eigenvalue weighted by Gasteiger charge is -2.29. The van der Waals surface area contributed by atoms with E-state index in [-0.39, 0.29) is 11.7 Å². The second-order valence-corrected chi connectivity index (χ2v) is 6.62. The van der Waals surface area contributed by atoms with E-state index in [2.05, 4.69) is 0 Å². The molecule has 2 N–H and O–H groups in total. The lowest BCUT2D eigenvalue weighted by atomic mass is 10.1. The molecular formula is C18H28N2O4. The summed E-state index contributed by atoms with van der Waals surface area (Å²) in [6.45, 7) is 7.41. The van der Waals surface area contributed by atoms with E-state index < -0.39 is 5.91 Å². The van der Waals surface area contributed by atoms with Gasteiger partial charge in [0.15, 0.2) is 0 Å². The Morgan fingerprint density at radius 2 is 1.58 bits per heavy atom. The first-order chi connectivity index (χ1) is 11.2. The summed E-state index contributed by atoms with van der Waals surface area (Å²) in [5, 5.41) is 0. The van der Waals surface area contributed by atoms with Gasteiger partial charge in [0.05, 0.1) is 7.11 Å². The average molecular weight is 336 g/mol. The molecule has 1 aliphatic heterocycles. The van der Waals surface area contributed by atoms with Crippen molar-refractivity contribution >= 4 is 12.0 Å². The van der Waals surface area contributed by atoms with Crippen molar-refractivity contribution < 1.29 is 19.1 Å². The molecule has 0 spiro atoms. The minimum Gasteiger partial charge on any atom is -0.497 e. The van der Waals surface area contributed by atoms with Crippen LogP contribution in [0.1, 0.15) is 50.4 Å². The summed E-state index contributed by atoms with van der Waals surface area (Å²) in [6, 6.07) is 6.64. The summed E-state index contributed by atoms with van der Waals surface area (Å²) >= 11 is 0. The number of ether oxygens (including phenoxy) is 2. The van der Waals surface area contributed by atoms with Crippen molar-refractivity contribution in [3.63, 3.8) is 0 Å². The van der Waals surface area contributed by atoms with Crippen LogP contribution in [0.25, 0.3) is 0 Å². The van der Waals surface area contributed by atoms with Crippen molar-refractivity contribution in [2.24, 2.45) is 5.73 Å². The second-order valence-electron chi connectivity index (χ2n) is 6.62. The van der Waals surface area contributed by atoms with Crippen LogP contribution >= 0.6 is 0 Å². The zero-order valence-electron chi connectivity index (χ0n) is 15.0. The minimum atomic E-state index is -0.423. The molecule has 24 heavy (non-hydrogen) atoms. The predicted octanol–water partition coefficient (Wildman–Crippen LogP) is 3.20. The Morgan fingerprint density at radius 1 is 1.04 bits per heavy atom. The highest BCUT2D eigenvalue weighted by atomic mass is 16.6. The fourth-order valence-electron chi connectivity index (χ4n) is 2.16. The number of likely N-dealkylation sites (tertiary alicyclic amines) is 1. The Bertz CT molecular complexity index is 529. The molecule has 1 fully saturated rings. The Kier molecular flexibility index (Phi) is 7.55. The maximum Gasteiger partial charge on any atom is 0.410 e. The number of carbonyl (C=O) groups is 2. The molecule has 0 saturated carbocycles. The quantitative estimate of drug-likeness (QED) is 0.899. The van der Waals surface area contributed by atoms with E-state index in [9.17, 15) is 9.59 Å². The van der Waals surface area contributed by atoms with E-state index in [1.807, 2.05) is 20.8 Å².